The number of anilines is 1. The molecular weight excluding hydrogens is 276 g/mol. The second-order valence-corrected chi connectivity index (χ2v) is 5.84. The van der Waals surface area contributed by atoms with Gasteiger partial charge in [-0.1, -0.05) is 0 Å². The minimum atomic E-state index is 0.236. The van der Waals surface area contributed by atoms with E-state index in [9.17, 15) is 0 Å². The molecule has 2 saturated carbocycles. The number of halogens is 1. The van der Waals surface area contributed by atoms with Gasteiger partial charge in [0.2, 0.25) is 17.2 Å². The number of rotatable bonds is 5. The molecule has 0 amide bonds. The summed E-state index contributed by atoms with van der Waals surface area (Å²) in [5.74, 6) is 2.02. The maximum atomic E-state index is 6.07. The molecular formula is C13H15ClN6. The fraction of sp³-hybridized carbons (Fsp3) is 0.538. The molecule has 0 spiro atoms. The van der Waals surface area contributed by atoms with E-state index in [0.717, 1.165) is 12.5 Å². The zero-order chi connectivity index (χ0) is 13.5. The molecule has 0 N–H and O–H groups in total. The van der Waals surface area contributed by atoms with Gasteiger partial charge in [0.15, 0.2) is 0 Å². The van der Waals surface area contributed by atoms with Crippen LogP contribution in [0.15, 0.2) is 18.7 Å². The third kappa shape index (κ3) is 2.47. The Labute approximate surface area is 121 Å². The van der Waals surface area contributed by atoms with Gasteiger partial charge in [0.05, 0.1) is 0 Å². The van der Waals surface area contributed by atoms with Gasteiger partial charge in [-0.3, -0.25) is 4.57 Å². The lowest BCUT2D eigenvalue weighted by molar-refractivity contribution is 0.690. The highest BCUT2D eigenvalue weighted by molar-refractivity contribution is 6.28. The minimum Gasteiger partial charge on any atom is -0.337 e. The molecule has 0 bridgehead atoms. The Kier molecular flexibility index (Phi) is 2.84. The first-order valence-electron chi connectivity index (χ1n) is 6.96. The van der Waals surface area contributed by atoms with E-state index in [1.807, 2.05) is 0 Å². The fourth-order valence-corrected chi connectivity index (χ4v) is 2.46. The molecule has 2 heterocycles. The Morgan fingerprint density at radius 2 is 2.05 bits per heavy atom. The summed E-state index contributed by atoms with van der Waals surface area (Å²) in [6.07, 6.45) is 10.2. The molecule has 2 fully saturated rings. The molecule has 0 atom stereocenters. The van der Waals surface area contributed by atoms with Crippen molar-refractivity contribution in [1.29, 1.82) is 0 Å². The van der Waals surface area contributed by atoms with Gasteiger partial charge in [0.25, 0.3) is 0 Å². The topological polar surface area (TPSA) is 59.7 Å². The second kappa shape index (κ2) is 4.70. The van der Waals surface area contributed by atoms with Crippen molar-refractivity contribution in [1.82, 2.24) is 24.5 Å². The summed E-state index contributed by atoms with van der Waals surface area (Å²) in [7, 11) is 0. The highest BCUT2D eigenvalue weighted by atomic mass is 35.5. The zero-order valence-electron chi connectivity index (χ0n) is 11.0. The molecule has 6 nitrogen and oxygen atoms in total. The molecule has 0 aliphatic heterocycles. The summed E-state index contributed by atoms with van der Waals surface area (Å²) in [6.45, 7) is 1.04. The lowest BCUT2D eigenvalue weighted by Crippen LogP contribution is -2.30. The van der Waals surface area contributed by atoms with Crippen LogP contribution in [0.1, 0.15) is 25.7 Å². The first kappa shape index (κ1) is 12.1. The molecule has 0 radical (unpaired) electrons. The molecule has 2 aliphatic carbocycles. The summed E-state index contributed by atoms with van der Waals surface area (Å²) in [4.78, 5) is 19.4. The number of nitrogens with zero attached hydrogens (tertiary/aromatic N) is 6. The van der Waals surface area contributed by atoms with Crippen LogP contribution in [0.3, 0.4) is 0 Å². The second-order valence-electron chi connectivity index (χ2n) is 5.50. The van der Waals surface area contributed by atoms with Crippen LogP contribution in [0.25, 0.3) is 5.95 Å². The Hall–Kier alpha value is -1.69. The van der Waals surface area contributed by atoms with E-state index in [0.29, 0.717) is 17.9 Å². The van der Waals surface area contributed by atoms with Crippen molar-refractivity contribution in [2.75, 3.05) is 11.4 Å². The lowest BCUT2D eigenvalue weighted by Gasteiger charge is -2.22. The zero-order valence-corrected chi connectivity index (χ0v) is 11.7. The predicted octanol–water partition coefficient (Wildman–Crippen LogP) is 2.09. The van der Waals surface area contributed by atoms with Crippen molar-refractivity contribution in [3.63, 3.8) is 0 Å². The first-order valence-corrected chi connectivity index (χ1v) is 7.34. The van der Waals surface area contributed by atoms with Gasteiger partial charge >= 0.3 is 0 Å². The molecule has 0 aromatic carbocycles. The summed E-state index contributed by atoms with van der Waals surface area (Å²) >= 11 is 6.07. The summed E-state index contributed by atoms with van der Waals surface area (Å²) in [5.41, 5.74) is 0. The average Bonchev–Trinajstić information content (AvgIpc) is 3.35. The van der Waals surface area contributed by atoms with Crippen LogP contribution in [0.2, 0.25) is 5.28 Å². The van der Waals surface area contributed by atoms with Gasteiger partial charge in [0.1, 0.15) is 6.33 Å². The molecule has 4 rings (SSSR count). The Bertz CT molecular complexity index is 605. The molecule has 2 aliphatic rings. The highest BCUT2D eigenvalue weighted by Crippen LogP contribution is 2.36. The van der Waals surface area contributed by atoms with E-state index >= 15 is 0 Å². The molecule has 104 valence electrons. The third-order valence-corrected chi connectivity index (χ3v) is 3.89. The molecule has 20 heavy (non-hydrogen) atoms. The minimum absolute atomic E-state index is 0.236. The van der Waals surface area contributed by atoms with E-state index in [1.54, 1.807) is 23.3 Å². The monoisotopic (exact) mass is 290 g/mol. The van der Waals surface area contributed by atoms with E-state index in [1.165, 1.54) is 25.7 Å². The number of hydrogen-bond acceptors (Lipinski definition) is 5. The molecule has 0 saturated heterocycles. The predicted molar refractivity (Wildman–Crippen MR) is 75.1 cm³/mol. The van der Waals surface area contributed by atoms with Crippen molar-refractivity contribution >= 4 is 17.5 Å². The highest BCUT2D eigenvalue weighted by Gasteiger charge is 2.35. The van der Waals surface area contributed by atoms with Crippen molar-refractivity contribution in [3.8, 4) is 5.95 Å². The van der Waals surface area contributed by atoms with Crippen LogP contribution in [0.5, 0.6) is 0 Å². The van der Waals surface area contributed by atoms with Gasteiger partial charge in [-0.2, -0.15) is 15.0 Å². The molecule has 0 unspecified atom stereocenters. The summed E-state index contributed by atoms with van der Waals surface area (Å²) < 4.78 is 1.75. The van der Waals surface area contributed by atoms with Crippen molar-refractivity contribution in [2.24, 2.45) is 5.92 Å². The van der Waals surface area contributed by atoms with E-state index in [2.05, 4.69) is 24.8 Å². The van der Waals surface area contributed by atoms with Gasteiger partial charge in [-0.25, -0.2) is 4.98 Å². The van der Waals surface area contributed by atoms with Gasteiger partial charge in [-0.15, -0.1) is 0 Å². The van der Waals surface area contributed by atoms with Gasteiger partial charge in [-0.05, 0) is 43.2 Å². The number of imidazole rings is 1. The maximum absolute atomic E-state index is 6.07. The fourth-order valence-electron chi connectivity index (χ4n) is 2.31. The van der Waals surface area contributed by atoms with Crippen molar-refractivity contribution in [3.05, 3.63) is 24.0 Å². The normalized spacial score (nSPS) is 18.2. The van der Waals surface area contributed by atoms with E-state index in [4.69, 9.17) is 11.6 Å². The van der Waals surface area contributed by atoms with Gasteiger partial charge in [0, 0.05) is 25.0 Å². The van der Waals surface area contributed by atoms with Crippen molar-refractivity contribution < 1.29 is 0 Å². The van der Waals surface area contributed by atoms with Crippen LogP contribution in [0, 0.1) is 5.92 Å². The Morgan fingerprint density at radius 1 is 1.20 bits per heavy atom. The van der Waals surface area contributed by atoms with Crippen LogP contribution in [-0.4, -0.2) is 37.1 Å². The standard InChI is InChI=1S/C13H15ClN6/c14-11-16-12(19-6-5-15-8-19)18-13(17-11)20(10-3-4-10)7-9-1-2-9/h5-6,8-10H,1-4,7H2. The largest absolute Gasteiger partial charge is 0.337 e. The average molecular weight is 291 g/mol. The summed E-state index contributed by atoms with van der Waals surface area (Å²) in [5, 5.41) is 0.236. The Morgan fingerprint density at radius 3 is 2.70 bits per heavy atom. The van der Waals surface area contributed by atoms with Crippen molar-refractivity contribution in [2.45, 2.75) is 31.7 Å². The van der Waals surface area contributed by atoms with Crippen LogP contribution < -0.4 is 4.90 Å². The number of hydrogen-bond donors (Lipinski definition) is 0. The first-order chi connectivity index (χ1) is 9.79. The SMILES string of the molecule is Clc1nc(N(CC2CC2)C2CC2)nc(-n2ccnc2)n1. The van der Waals surface area contributed by atoms with E-state index in [-0.39, 0.29) is 5.28 Å². The Balaban J connectivity index is 1.68. The molecule has 2 aromatic heterocycles. The van der Waals surface area contributed by atoms with Crippen LogP contribution in [-0.2, 0) is 0 Å². The smallest absolute Gasteiger partial charge is 0.241 e. The third-order valence-electron chi connectivity index (χ3n) is 3.72. The van der Waals surface area contributed by atoms with Crippen LogP contribution >= 0.6 is 11.6 Å². The molecule has 7 heteroatoms. The number of aromatic nitrogens is 5. The van der Waals surface area contributed by atoms with E-state index < -0.39 is 0 Å². The quantitative estimate of drug-likeness (QED) is 0.844. The molecule has 2 aromatic rings. The van der Waals surface area contributed by atoms with Gasteiger partial charge < -0.3 is 4.90 Å². The summed E-state index contributed by atoms with van der Waals surface area (Å²) in [6, 6.07) is 0.574. The van der Waals surface area contributed by atoms with Crippen LogP contribution in [0.4, 0.5) is 5.95 Å². The lowest BCUT2D eigenvalue weighted by atomic mass is 10.3. The maximum Gasteiger partial charge on any atom is 0.241 e.